The molecule has 2 heterocycles. The third kappa shape index (κ3) is 4.58. The summed E-state index contributed by atoms with van der Waals surface area (Å²) in [6.07, 6.45) is 7.46. The molecule has 1 aliphatic carbocycles. The van der Waals surface area contributed by atoms with E-state index >= 15 is 0 Å². The van der Waals surface area contributed by atoms with Gasteiger partial charge in [0.05, 0.1) is 12.2 Å². The van der Waals surface area contributed by atoms with Crippen molar-refractivity contribution in [3.63, 3.8) is 0 Å². The molecular weight excluding hydrogens is 336 g/mol. The van der Waals surface area contributed by atoms with Crippen molar-refractivity contribution in [1.29, 1.82) is 0 Å². The van der Waals surface area contributed by atoms with Crippen molar-refractivity contribution in [2.45, 2.75) is 58.3 Å². The molecule has 2 N–H and O–H groups in total. The lowest BCUT2D eigenvalue weighted by Crippen LogP contribution is -2.30. The highest BCUT2D eigenvalue weighted by Gasteiger charge is 2.21. The Morgan fingerprint density at radius 2 is 2.28 bits per heavy atom. The minimum Gasteiger partial charge on any atom is -0.331 e. The van der Waals surface area contributed by atoms with Crippen LogP contribution in [0.3, 0.4) is 0 Å². The Balaban J connectivity index is 1.48. The summed E-state index contributed by atoms with van der Waals surface area (Å²) in [5.74, 6) is 0.901. The number of carbonyl (C=O) groups is 1. The second-order valence-electron chi connectivity index (χ2n) is 6.80. The molecule has 0 aliphatic heterocycles. The number of carbonyl (C=O) groups excluding carboxylic acids is 1. The van der Waals surface area contributed by atoms with Gasteiger partial charge in [-0.15, -0.1) is 11.3 Å². The van der Waals surface area contributed by atoms with Crippen LogP contribution in [0.15, 0.2) is 17.8 Å². The number of nitrogens with zero attached hydrogens (tertiary/aromatic N) is 4. The molecule has 2 amide bonds. The van der Waals surface area contributed by atoms with E-state index < -0.39 is 0 Å². The number of rotatable bonds is 7. The van der Waals surface area contributed by atoms with Gasteiger partial charge in [-0.3, -0.25) is 10.2 Å². The number of urea groups is 1. The number of nitrogens with one attached hydrogen (secondary N) is 2. The molecule has 0 spiro atoms. The van der Waals surface area contributed by atoms with Gasteiger partial charge in [-0.2, -0.15) is 0 Å². The largest absolute Gasteiger partial charge is 0.331 e. The fourth-order valence-electron chi connectivity index (χ4n) is 2.65. The van der Waals surface area contributed by atoms with E-state index in [4.69, 9.17) is 0 Å². The first-order chi connectivity index (χ1) is 12.0. The molecule has 1 saturated carbocycles. The summed E-state index contributed by atoms with van der Waals surface area (Å²) in [5.41, 5.74) is 0.969. The van der Waals surface area contributed by atoms with E-state index in [-0.39, 0.29) is 6.03 Å². The smallest absolute Gasteiger partial charge is 0.321 e. The number of thiazole rings is 1. The Labute approximate surface area is 152 Å². The van der Waals surface area contributed by atoms with Gasteiger partial charge in [0.25, 0.3) is 0 Å². The summed E-state index contributed by atoms with van der Waals surface area (Å²) in [7, 11) is 2.06. The summed E-state index contributed by atoms with van der Waals surface area (Å²) in [5, 5.41) is 8.28. The Bertz CT molecular complexity index is 706. The lowest BCUT2D eigenvalue weighted by Gasteiger charge is -2.28. The van der Waals surface area contributed by atoms with Gasteiger partial charge in [-0.25, -0.2) is 14.8 Å². The maximum absolute atomic E-state index is 12.1. The van der Waals surface area contributed by atoms with Gasteiger partial charge in [-0.05, 0) is 40.2 Å². The number of hydrogen-bond donors (Lipinski definition) is 2. The van der Waals surface area contributed by atoms with Crippen molar-refractivity contribution in [2.75, 3.05) is 12.4 Å². The van der Waals surface area contributed by atoms with Gasteiger partial charge >= 0.3 is 6.03 Å². The molecule has 25 heavy (non-hydrogen) atoms. The van der Waals surface area contributed by atoms with Crippen molar-refractivity contribution in [3.8, 4) is 0 Å². The molecule has 0 bridgehead atoms. The summed E-state index contributed by atoms with van der Waals surface area (Å²) in [6.45, 7) is 5.49. The van der Waals surface area contributed by atoms with Crippen LogP contribution in [0.25, 0.3) is 0 Å². The number of imidazole rings is 1. The summed E-state index contributed by atoms with van der Waals surface area (Å²) in [4.78, 5) is 23.1. The van der Waals surface area contributed by atoms with Crippen molar-refractivity contribution >= 4 is 22.5 Å². The zero-order valence-electron chi connectivity index (χ0n) is 15.0. The predicted octanol–water partition coefficient (Wildman–Crippen LogP) is 3.23. The van der Waals surface area contributed by atoms with Crippen LogP contribution in [0.1, 0.15) is 50.7 Å². The molecule has 0 aromatic carbocycles. The van der Waals surface area contributed by atoms with E-state index in [1.807, 2.05) is 11.6 Å². The zero-order chi connectivity index (χ0) is 17.8. The Morgan fingerprint density at radius 1 is 1.48 bits per heavy atom. The maximum Gasteiger partial charge on any atom is 0.321 e. The summed E-state index contributed by atoms with van der Waals surface area (Å²) >= 11 is 1.45. The molecule has 0 radical (unpaired) electrons. The van der Waals surface area contributed by atoms with Crippen LogP contribution in [0, 0.1) is 0 Å². The van der Waals surface area contributed by atoms with E-state index in [9.17, 15) is 4.79 Å². The molecule has 0 saturated heterocycles. The second-order valence-corrected chi connectivity index (χ2v) is 7.65. The number of hydrogen-bond acceptors (Lipinski definition) is 5. The van der Waals surface area contributed by atoms with Gasteiger partial charge < -0.3 is 9.88 Å². The summed E-state index contributed by atoms with van der Waals surface area (Å²) in [6, 6.07) is 0.754. The molecule has 2 aromatic rings. The van der Waals surface area contributed by atoms with Gasteiger partial charge in [0.1, 0.15) is 5.82 Å². The lowest BCUT2D eigenvalue weighted by molar-refractivity contribution is 0.250. The van der Waals surface area contributed by atoms with Crippen LogP contribution in [-0.4, -0.2) is 38.6 Å². The fraction of sp³-hybridized carbons (Fsp3) is 0.588. The molecule has 1 fully saturated rings. The predicted molar refractivity (Wildman–Crippen MR) is 99.7 cm³/mol. The van der Waals surface area contributed by atoms with E-state index in [1.165, 1.54) is 30.6 Å². The van der Waals surface area contributed by atoms with E-state index in [1.54, 1.807) is 6.20 Å². The van der Waals surface area contributed by atoms with Crippen molar-refractivity contribution in [3.05, 3.63) is 29.3 Å². The molecule has 0 atom stereocenters. The topological polar surface area (TPSA) is 75.1 Å². The van der Waals surface area contributed by atoms with Crippen molar-refractivity contribution in [2.24, 2.45) is 0 Å². The normalized spacial score (nSPS) is 14.8. The minimum atomic E-state index is -0.249. The zero-order valence-corrected chi connectivity index (χ0v) is 15.8. The van der Waals surface area contributed by atoms with Gasteiger partial charge in [0, 0.05) is 36.4 Å². The molecule has 7 nitrogen and oxygen atoms in total. The first-order valence-corrected chi connectivity index (χ1v) is 9.62. The SMILES string of the molecule is CC(C)N(C)Cc1csc(NC(=O)NCc2nccn2C2CCC2)n1. The Kier molecular flexibility index (Phi) is 5.70. The van der Waals surface area contributed by atoms with Crippen LogP contribution >= 0.6 is 11.3 Å². The molecule has 136 valence electrons. The number of anilines is 1. The van der Waals surface area contributed by atoms with Crippen molar-refractivity contribution in [1.82, 2.24) is 24.8 Å². The Morgan fingerprint density at radius 3 is 2.96 bits per heavy atom. The monoisotopic (exact) mass is 362 g/mol. The van der Waals surface area contributed by atoms with Crippen LogP contribution < -0.4 is 10.6 Å². The van der Waals surface area contributed by atoms with Crippen LogP contribution in [-0.2, 0) is 13.1 Å². The molecule has 3 rings (SSSR count). The third-order valence-corrected chi connectivity index (χ3v) is 5.50. The highest BCUT2D eigenvalue weighted by atomic mass is 32.1. The number of amides is 2. The minimum absolute atomic E-state index is 0.249. The molecule has 1 aliphatic rings. The molecule has 8 heteroatoms. The Hall–Kier alpha value is -1.93. The highest BCUT2D eigenvalue weighted by Crippen LogP contribution is 2.32. The summed E-state index contributed by atoms with van der Waals surface area (Å²) < 4.78 is 2.17. The fourth-order valence-corrected chi connectivity index (χ4v) is 3.35. The average Bonchev–Trinajstić information content (AvgIpc) is 3.13. The van der Waals surface area contributed by atoms with E-state index in [0.717, 1.165) is 18.1 Å². The third-order valence-electron chi connectivity index (χ3n) is 4.69. The standard InChI is InChI=1S/C17H26N6OS/c1-12(2)22(3)10-13-11-25-17(20-13)21-16(24)19-9-15-18-7-8-23(15)14-5-4-6-14/h7-8,11-12,14H,4-6,9-10H2,1-3H3,(H2,19,20,21,24). The maximum atomic E-state index is 12.1. The van der Waals surface area contributed by atoms with Gasteiger partial charge in [0.15, 0.2) is 5.13 Å². The second kappa shape index (κ2) is 7.97. The van der Waals surface area contributed by atoms with Gasteiger partial charge in [0.2, 0.25) is 0 Å². The molecular formula is C17H26N6OS. The first-order valence-electron chi connectivity index (χ1n) is 8.74. The van der Waals surface area contributed by atoms with E-state index in [2.05, 4.69) is 51.0 Å². The van der Waals surface area contributed by atoms with Crippen LogP contribution in [0.2, 0.25) is 0 Å². The molecule has 2 aromatic heterocycles. The number of aromatic nitrogens is 3. The van der Waals surface area contributed by atoms with E-state index in [0.29, 0.717) is 23.8 Å². The van der Waals surface area contributed by atoms with Crippen LogP contribution in [0.5, 0.6) is 0 Å². The van der Waals surface area contributed by atoms with Gasteiger partial charge in [-0.1, -0.05) is 0 Å². The lowest BCUT2D eigenvalue weighted by atomic mass is 9.93. The first kappa shape index (κ1) is 17.9. The molecule has 0 unspecified atom stereocenters. The van der Waals surface area contributed by atoms with Crippen molar-refractivity contribution < 1.29 is 4.79 Å². The highest BCUT2D eigenvalue weighted by molar-refractivity contribution is 7.13. The average molecular weight is 363 g/mol. The quantitative estimate of drug-likeness (QED) is 0.793. The van der Waals surface area contributed by atoms with Crippen LogP contribution in [0.4, 0.5) is 9.93 Å².